The predicted octanol–water partition coefficient (Wildman–Crippen LogP) is 5.70. The maximum Gasteiger partial charge on any atom is 0.229 e. The molecule has 4 rings (SSSR count). The van der Waals surface area contributed by atoms with Gasteiger partial charge in [0.2, 0.25) is 5.95 Å². The van der Waals surface area contributed by atoms with Gasteiger partial charge in [0.05, 0.1) is 24.1 Å². The van der Waals surface area contributed by atoms with Gasteiger partial charge in [0.25, 0.3) is 0 Å². The Balaban J connectivity index is 1.79. The minimum Gasteiger partial charge on any atom is -0.495 e. The fourth-order valence-corrected chi connectivity index (χ4v) is 3.83. The monoisotopic (exact) mass is 422 g/mol. The molecule has 1 atom stereocenters. The van der Waals surface area contributed by atoms with E-state index < -0.39 is 0 Å². The van der Waals surface area contributed by atoms with E-state index >= 15 is 0 Å². The summed E-state index contributed by atoms with van der Waals surface area (Å²) in [6, 6.07) is 13.2. The molecule has 30 heavy (non-hydrogen) atoms. The van der Waals surface area contributed by atoms with Crippen LogP contribution in [0.5, 0.6) is 5.75 Å². The SMILES string of the molecule is COc1ccccc1Nc1nc2c(c(Nc3cccc(Cl)c3C)n1)C(=O)CC(C)C2. The number of fused-ring (bicyclic) bond motifs is 1. The molecule has 0 fully saturated rings. The van der Waals surface area contributed by atoms with Crippen molar-refractivity contribution in [1.82, 2.24) is 9.97 Å². The quantitative estimate of drug-likeness (QED) is 0.549. The highest BCUT2D eigenvalue weighted by molar-refractivity contribution is 6.31. The van der Waals surface area contributed by atoms with Crippen LogP contribution >= 0.6 is 11.6 Å². The summed E-state index contributed by atoms with van der Waals surface area (Å²) in [5.41, 5.74) is 3.74. The van der Waals surface area contributed by atoms with E-state index in [2.05, 4.69) is 27.5 Å². The van der Waals surface area contributed by atoms with E-state index in [1.54, 1.807) is 7.11 Å². The van der Waals surface area contributed by atoms with Gasteiger partial charge in [0, 0.05) is 17.1 Å². The van der Waals surface area contributed by atoms with E-state index in [-0.39, 0.29) is 11.7 Å². The molecule has 0 saturated carbocycles. The van der Waals surface area contributed by atoms with Gasteiger partial charge in [-0.05, 0) is 49.1 Å². The summed E-state index contributed by atoms with van der Waals surface area (Å²) in [5.74, 6) is 1.86. The van der Waals surface area contributed by atoms with Crippen molar-refractivity contribution in [3.8, 4) is 5.75 Å². The molecule has 7 heteroatoms. The first-order valence-electron chi connectivity index (χ1n) is 9.82. The number of ether oxygens (including phenoxy) is 1. The molecule has 3 aromatic rings. The van der Waals surface area contributed by atoms with Crippen molar-refractivity contribution in [2.75, 3.05) is 17.7 Å². The van der Waals surface area contributed by atoms with Crippen molar-refractivity contribution < 1.29 is 9.53 Å². The van der Waals surface area contributed by atoms with E-state index in [1.165, 1.54) is 0 Å². The summed E-state index contributed by atoms with van der Waals surface area (Å²) in [6.45, 7) is 3.99. The first-order valence-corrected chi connectivity index (χ1v) is 10.2. The van der Waals surface area contributed by atoms with Crippen molar-refractivity contribution >= 4 is 40.5 Å². The summed E-state index contributed by atoms with van der Waals surface area (Å²) in [7, 11) is 1.61. The number of aromatic nitrogens is 2. The Bertz CT molecular complexity index is 1120. The zero-order chi connectivity index (χ0) is 21.3. The van der Waals surface area contributed by atoms with Gasteiger partial charge in [-0.15, -0.1) is 0 Å². The van der Waals surface area contributed by atoms with Gasteiger partial charge in [0.15, 0.2) is 5.78 Å². The largest absolute Gasteiger partial charge is 0.495 e. The molecule has 1 aromatic heterocycles. The molecule has 0 amide bonds. The topological polar surface area (TPSA) is 76.1 Å². The van der Waals surface area contributed by atoms with E-state index in [9.17, 15) is 4.79 Å². The van der Waals surface area contributed by atoms with Crippen LogP contribution in [0.25, 0.3) is 0 Å². The lowest BCUT2D eigenvalue weighted by Crippen LogP contribution is -2.22. The van der Waals surface area contributed by atoms with Gasteiger partial charge in [-0.2, -0.15) is 4.98 Å². The number of Topliss-reactive ketones (excluding diaryl/α,β-unsaturated/α-hetero) is 1. The van der Waals surface area contributed by atoms with Crippen LogP contribution in [0.4, 0.5) is 23.1 Å². The maximum absolute atomic E-state index is 12.8. The van der Waals surface area contributed by atoms with E-state index in [4.69, 9.17) is 16.3 Å². The van der Waals surface area contributed by atoms with Crippen molar-refractivity contribution in [1.29, 1.82) is 0 Å². The highest BCUT2D eigenvalue weighted by Gasteiger charge is 2.28. The van der Waals surface area contributed by atoms with Crippen LogP contribution in [0.15, 0.2) is 42.5 Å². The molecule has 0 spiro atoms. The second-order valence-corrected chi connectivity index (χ2v) is 7.92. The van der Waals surface area contributed by atoms with Crippen LogP contribution in [0, 0.1) is 12.8 Å². The predicted molar refractivity (Wildman–Crippen MR) is 120 cm³/mol. The fraction of sp³-hybridized carbons (Fsp3) is 0.261. The van der Waals surface area contributed by atoms with E-state index in [0.717, 1.165) is 22.6 Å². The molecule has 1 unspecified atom stereocenters. The van der Waals surface area contributed by atoms with Crippen molar-refractivity contribution in [3.63, 3.8) is 0 Å². The third kappa shape index (κ3) is 3.96. The number of methoxy groups -OCH3 is 1. The lowest BCUT2D eigenvalue weighted by molar-refractivity contribution is 0.0953. The molecule has 1 aliphatic rings. The van der Waals surface area contributed by atoms with Crippen LogP contribution in [0.3, 0.4) is 0 Å². The summed E-state index contributed by atoms with van der Waals surface area (Å²) < 4.78 is 5.42. The van der Waals surface area contributed by atoms with Gasteiger partial charge < -0.3 is 15.4 Å². The number of ketones is 1. The first-order chi connectivity index (χ1) is 14.5. The molecular weight excluding hydrogens is 400 g/mol. The lowest BCUT2D eigenvalue weighted by atomic mass is 9.87. The Kier molecular flexibility index (Phi) is 5.59. The van der Waals surface area contributed by atoms with Gasteiger partial charge in [-0.3, -0.25) is 4.79 Å². The summed E-state index contributed by atoms with van der Waals surface area (Å²) in [4.78, 5) is 22.2. The summed E-state index contributed by atoms with van der Waals surface area (Å²) in [5, 5.41) is 7.19. The number of rotatable bonds is 5. The number of halogens is 1. The van der Waals surface area contributed by atoms with Gasteiger partial charge >= 0.3 is 0 Å². The second kappa shape index (κ2) is 8.32. The number of nitrogens with zero attached hydrogens (tertiary/aromatic N) is 2. The molecule has 1 aliphatic carbocycles. The van der Waals surface area contributed by atoms with Gasteiger partial charge in [-0.1, -0.05) is 36.7 Å². The number of carbonyl (C=O) groups excluding carboxylic acids is 1. The third-order valence-electron chi connectivity index (χ3n) is 5.21. The Hall–Kier alpha value is -3.12. The Morgan fingerprint density at radius 1 is 1.03 bits per heavy atom. The molecule has 154 valence electrons. The summed E-state index contributed by atoms with van der Waals surface area (Å²) in [6.07, 6.45) is 1.20. The molecule has 1 heterocycles. The van der Waals surface area contributed by atoms with Crippen LogP contribution in [0.1, 0.15) is 35.0 Å². The summed E-state index contributed by atoms with van der Waals surface area (Å²) >= 11 is 6.28. The molecule has 0 saturated heterocycles. The smallest absolute Gasteiger partial charge is 0.229 e. The molecular formula is C23H23ClN4O2. The van der Waals surface area contributed by atoms with Crippen molar-refractivity contribution in [2.24, 2.45) is 5.92 Å². The molecule has 0 radical (unpaired) electrons. The Morgan fingerprint density at radius 2 is 1.80 bits per heavy atom. The average molecular weight is 423 g/mol. The Labute approximate surface area is 180 Å². The minimum atomic E-state index is 0.0507. The number of benzene rings is 2. The molecule has 6 nitrogen and oxygen atoms in total. The van der Waals surface area contributed by atoms with Crippen molar-refractivity contribution in [2.45, 2.75) is 26.7 Å². The number of carbonyl (C=O) groups is 1. The van der Waals surface area contributed by atoms with Gasteiger partial charge in [0.1, 0.15) is 11.6 Å². The third-order valence-corrected chi connectivity index (χ3v) is 5.62. The van der Waals surface area contributed by atoms with Crippen LogP contribution in [0.2, 0.25) is 5.02 Å². The van der Waals surface area contributed by atoms with Crippen LogP contribution in [-0.4, -0.2) is 22.9 Å². The van der Waals surface area contributed by atoms with Gasteiger partial charge in [-0.25, -0.2) is 4.98 Å². The number of nitrogens with one attached hydrogen (secondary N) is 2. The number of hydrogen-bond donors (Lipinski definition) is 2. The fourth-order valence-electron chi connectivity index (χ4n) is 3.65. The van der Waals surface area contributed by atoms with Crippen molar-refractivity contribution in [3.05, 3.63) is 64.3 Å². The number of para-hydroxylation sites is 2. The number of hydrogen-bond acceptors (Lipinski definition) is 6. The molecule has 0 bridgehead atoms. The molecule has 0 aliphatic heterocycles. The first kappa shape index (κ1) is 20.2. The normalized spacial score (nSPS) is 15.5. The Morgan fingerprint density at radius 3 is 2.60 bits per heavy atom. The van der Waals surface area contributed by atoms with Crippen LogP contribution in [-0.2, 0) is 6.42 Å². The highest BCUT2D eigenvalue weighted by Crippen LogP contribution is 2.34. The molecule has 2 N–H and O–H groups in total. The second-order valence-electron chi connectivity index (χ2n) is 7.52. The minimum absolute atomic E-state index is 0.0507. The maximum atomic E-state index is 12.8. The van der Waals surface area contributed by atoms with Crippen LogP contribution < -0.4 is 15.4 Å². The molecule has 2 aromatic carbocycles. The zero-order valence-electron chi connectivity index (χ0n) is 17.1. The highest BCUT2D eigenvalue weighted by atomic mass is 35.5. The number of anilines is 4. The van der Waals surface area contributed by atoms with E-state index in [0.29, 0.717) is 40.9 Å². The average Bonchev–Trinajstić information content (AvgIpc) is 2.71. The van der Waals surface area contributed by atoms with E-state index in [1.807, 2.05) is 49.4 Å². The standard InChI is InChI=1S/C23H23ClN4O2/c1-13-11-18-21(19(29)12-13)22(25-16-9-6-7-15(24)14(16)2)28-23(27-18)26-17-8-4-5-10-20(17)30-3/h4-10,13H,11-12H2,1-3H3,(H2,25,26,27,28). The zero-order valence-corrected chi connectivity index (χ0v) is 17.9. The lowest BCUT2D eigenvalue weighted by Gasteiger charge is -2.23.